The van der Waals surface area contributed by atoms with Crippen LogP contribution in [0.25, 0.3) is 10.9 Å². The summed E-state index contributed by atoms with van der Waals surface area (Å²) in [4.78, 5) is 12.2. The summed E-state index contributed by atoms with van der Waals surface area (Å²) in [7, 11) is 0. The van der Waals surface area contributed by atoms with Crippen molar-refractivity contribution in [1.82, 2.24) is 20.6 Å². The van der Waals surface area contributed by atoms with Gasteiger partial charge in [0.1, 0.15) is 5.82 Å². The van der Waals surface area contributed by atoms with Crippen LogP contribution in [0.2, 0.25) is 0 Å². The van der Waals surface area contributed by atoms with Gasteiger partial charge >= 0.3 is 0 Å². The van der Waals surface area contributed by atoms with E-state index in [1.807, 2.05) is 19.2 Å². The third-order valence-electron chi connectivity index (χ3n) is 4.06. The van der Waals surface area contributed by atoms with Gasteiger partial charge in [0, 0.05) is 48.5 Å². The van der Waals surface area contributed by atoms with Crippen molar-refractivity contribution in [3.8, 4) is 0 Å². The molecule has 7 heteroatoms. The Bertz CT molecular complexity index is 883. The minimum Gasteiger partial charge on any atom is -0.361 e. The number of rotatable bonds is 7. The molecule has 0 radical (unpaired) electrons. The molecular formula is C19H24FN5S. The Kier molecular flexibility index (Phi) is 6.22. The van der Waals surface area contributed by atoms with Gasteiger partial charge in [0.2, 0.25) is 0 Å². The Morgan fingerprint density at radius 3 is 2.96 bits per heavy atom. The van der Waals surface area contributed by atoms with E-state index in [1.165, 1.54) is 17.7 Å². The monoisotopic (exact) mass is 373 g/mol. The van der Waals surface area contributed by atoms with Gasteiger partial charge in [-0.25, -0.2) is 9.37 Å². The molecule has 0 aliphatic heterocycles. The number of halogens is 1. The third kappa shape index (κ3) is 4.82. The molecule has 0 fully saturated rings. The summed E-state index contributed by atoms with van der Waals surface area (Å²) in [5, 5.41) is 10.9. The van der Waals surface area contributed by atoms with Crippen molar-refractivity contribution in [2.45, 2.75) is 26.7 Å². The van der Waals surface area contributed by atoms with E-state index in [4.69, 9.17) is 0 Å². The molecule has 26 heavy (non-hydrogen) atoms. The van der Waals surface area contributed by atoms with Gasteiger partial charge in [-0.15, -0.1) is 11.3 Å². The molecular weight excluding hydrogens is 349 g/mol. The molecule has 0 aliphatic carbocycles. The minimum atomic E-state index is -0.221. The fourth-order valence-corrected chi connectivity index (χ4v) is 3.48. The Labute approximate surface area is 156 Å². The molecule has 0 bridgehead atoms. The molecule has 0 unspecified atom stereocenters. The van der Waals surface area contributed by atoms with E-state index in [1.54, 1.807) is 11.3 Å². The van der Waals surface area contributed by atoms with Crippen LogP contribution in [0.1, 0.15) is 23.2 Å². The van der Waals surface area contributed by atoms with E-state index in [0.717, 1.165) is 53.5 Å². The fourth-order valence-electron chi connectivity index (χ4n) is 2.83. The maximum Gasteiger partial charge on any atom is 0.191 e. The SMILES string of the molecule is CCNC(=NCCc1csc(C)n1)NCCc1c[nH]c2cc(F)ccc12. The quantitative estimate of drug-likeness (QED) is 0.439. The van der Waals surface area contributed by atoms with E-state index in [-0.39, 0.29) is 5.82 Å². The van der Waals surface area contributed by atoms with Crippen LogP contribution >= 0.6 is 11.3 Å². The normalized spacial score (nSPS) is 11.9. The molecule has 5 nitrogen and oxygen atoms in total. The zero-order chi connectivity index (χ0) is 18.4. The molecule has 0 spiro atoms. The fraction of sp³-hybridized carbons (Fsp3) is 0.368. The van der Waals surface area contributed by atoms with Crippen molar-refractivity contribution >= 4 is 28.2 Å². The minimum absolute atomic E-state index is 0.221. The van der Waals surface area contributed by atoms with Crippen LogP contribution in [0.4, 0.5) is 4.39 Å². The average Bonchev–Trinajstić information content (AvgIpc) is 3.21. The summed E-state index contributed by atoms with van der Waals surface area (Å²) in [6.07, 6.45) is 3.62. The second kappa shape index (κ2) is 8.80. The number of fused-ring (bicyclic) bond motifs is 1. The van der Waals surface area contributed by atoms with Crippen LogP contribution in [0.15, 0.2) is 34.8 Å². The number of aryl methyl sites for hydroxylation is 1. The molecule has 0 atom stereocenters. The van der Waals surface area contributed by atoms with E-state index in [2.05, 4.69) is 37.9 Å². The number of H-pyrrole nitrogens is 1. The molecule has 3 N–H and O–H groups in total. The highest BCUT2D eigenvalue weighted by Crippen LogP contribution is 2.19. The first-order valence-corrected chi connectivity index (χ1v) is 9.72. The van der Waals surface area contributed by atoms with Crippen LogP contribution in [0.5, 0.6) is 0 Å². The van der Waals surface area contributed by atoms with Gasteiger partial charge < -0.3 is 15.6 Å². The van der Waals surface area contributed by atoms with Gasteiger partial charge in [-0.05, 0) is 44.0 Å². The second-order valence-electron chi connectivity index (χ2n) is 6.05. The lowest BCUT2D eigenvalue weighted by Gasteiger charge is -2.11. The maximum absolute atomic E-state index is 13.3. The van der Waals surface area contributed by atoms with Crippen LogP contribution in [0.3, 0.4) is 0 Å². The van der Waals surface area contributed by atoms with E-state index >= 15 is 0 Å². The molecule has 1 aromatic carbocycles. The number of thiazole rings is 1. The van der Waals surface area contributed by atoms with Gasteiger partial charge in [-0.1, -0.05) is 0 Å². The topological polar surface area (TPSA) is 65.1 Å². The maximum atomic E-state index is 13.3. The van der Waals surface area contributed by atoms with Gasteiger partial charge in [0.25, 0.3) is 0 Å². The molecule has 138 valence electrons. The number of aliphatic imine (C=N–C) groups is 1. The zero-order valence-electron chi connectivity index (χ0n) is 15.1. The van der Waals surface area contributed by atoms with Crippen LogP contribution in [0, 0.1) is 12.7 Å². The lowest BCUT2D eigenvalue weighted by atomic mass is 10.1. The van der Waals surface area contributed by atoms with Crippen LogP contribution in [-0.2, 0) is 12.8 Å². The van der Waals surface area contributed by atoms with Gasteiger partial charge in [-0.2, -0.15) is 0 Å². The van der Waals surface area contributed by atoms with Crippen molar-refractivity contribution < 1.29 is 4.39 Å². The van der Waals surface area contributed by atoms with Crippen molar-refractivity contribution in [3.63, 3.8) is 0 Å². The Morgan fingerprint density at radius 1 is 1.31 bits per heavy atom. The average molecular weight is 374 g/mol. The summed E-state index contributed by atoms with van der Waals surface area (Å²) in [6, 6.07) is 4.85. The molecule has 0 amide bonds. The number of nitrogens with one attached hydrogen (secondary N) is 3. The molecule has 3 aromatic rings. The number of aromatic nitrogens is 2. The van der Waals surface area contributed by atoms with Gasteiger partial charge in [0.15, 0.2) is 5.96 Å². The Morgan fingerprint density at radius 2 is 2.19 bits per heavy atom. The number of hydrogen-bond acceptors (Lipinski definition) is 3. The molecule has 2 aromatic heterocycles. The molecule has 3 rings (SSSR count). The van der Waals surface area contributed by atoms with Gasteiger partial charge in [0.05, 0.1) is 10.7 Å². The number of guanidine groups is 1. The lowest BCUT2D eigenvalue weighted by Crippen LogP contribution is -2.38. The number of benzene rings is 1. The highest BCUT2D eigenvalue weighted by atomic mass is 32.1. The highest BCUT2D eigenvalue weighted by Gasteiger charge is 2.05. The van der Waals surface area contributed by atoms with Crippen LogP contribution < -0.4 is 10.6 Å². The molecule has 0 saturated heterocycles. The van der Waals surface area contributed by atoms with Crippen molar-refractivity contribution in [2.24, 2.45) is 4.99 Å². The molecule has 0 aliphatic rings. The van der Waals surface area contributed by atoms with E-state index < -0.39 is 0 Å². The summed E-state index contributed by atoms with van der Waals surface area (Å²) in [5.74, 6) is 0.589. The smallest absolute Gasteiger partial charge is 0.191 e. The summed E-state index contributed by atoms with van der Waals surface area (Å²) in [6.45, 7) is 6.34. The summed E-state index contributed by atoms with van der Waals surface area (Å²) in [5.41, 5.74) is 3.10. The van der Waals surface area contributed by atoms with Crippen LogP contribution in [-0.4, -0.2) is 35.6 Å². The highest BCUT2D eigenvalue weighted by molar-refractivity contribution is 7.09. The Hall–Kier alpha value is -2.41. The predicted molar refractivity (Wildman–Crippen MR) is 106 cm³/mol. The third-order valence-corrected chi connectivity index (χ3v) is 4.89. The first-order valence-electron chi connectivity index (χ1n) is 8.84. The lowest BCUT2D eigenvalue weighted by molar-refractivity contribution is 0.629. The number of nitrogens with zero attached hydrogens (tertiary/aromatic N) is 2. The zero-order valence-corrected chi connectivity index (χ0v) is 15.9. The van der Waals surface area contributed by atoms with E-state index in [0.29, 0.717) is 6.54 Å². The molecule has 2 heterocycles. The van der Waals surface area contributed by atoms with Crippen molar-refractivity contribution in [1.29, 1.82) is 0 Å². The standard InChI is InChI=1S/C19H24FN5S/c1-3-21-19(23-9-7-16-12-26-13(2)25-16)22-8-6-14-11-24-18-10-15(20)4-5-17(14)18/h4-5,10-12,24H,3,6-9H2,1-2H3,(H2,21,22,23). The van der Waals surface area contributed by atoms with Gasteiger partial charge in [-0.3, -0.25) is 4.99 Å². The first kappa shape index (κ1) is 18.4. The van der Waals surface area contributed by atoms with E-state index in [9.17, 15) is 4.39 Å². The van der Waals surface area contributed by atoms with Crippen molar-refractivity contribution in [2.75, 3.05) is 19.6 Å². The second-order valence-corrected chi connectivity index (χ2v) is 7.11. The first-order chi connectivity index (χ1) is 12.7. The number of aromatic amines is 1. The summed E-state index contributed by atoms with van der Waals surface area (Å²) < 4.78 is 13.3. The summed E-state index contributed by atoms with van der Waals surface area (Å²) >= 11 is 1.67. The largest absolute Gasteiger partial charge is 0.361 e. The Balaban J connectivity index is 1.53. The predicted octanol–water partition coefficient (Wildman–Crippen LogP) is 3.41. The molecule has 0 saturated carbocycles. The van der Waals surface area contributed by atoms with Crippen molar-refractivity contribution in [3.05, 3.63) is 51.9 Å². The number of hydrogen-bond donors (Lipinski definition) is 3.